The number of rotatable bonds is 7. The molecule has 1 saturated heterocycles. The summed E-state index contributed by atoms with van der Waals surface area (Å²) in [7, 11) is 0. The van der Waals surface area contributed by atoms with E-state index in [1.165, 1.54) is 31.2 Å². The second-order valence-corrected chi connectivity index (χ2v) is 7.99. The molecular formula is C25H26F3NO7. The number of carbonyl (C=O) groups is 2. The van der Waals surface area contributed by atoms with Crippen LogP contribution in [0.1, 0.15) is 26.3 Å². The van der Waals surface area contributed by atoms with Crippen LogP contribution in [0.2, 0.25) is 0 Å². The summed E-state index contributed by atoms with van der Waals surface area (Å²) >= 11 is 0. The van der Waals surface area contributed by atoms with Gasteiger partial charge in [0.05, 0.1) is 18.4 Å². The highest BCUT2D eigenvalue weighted by atomic mass is 19.4. The van der Waals surface area contributed by atoms with Gasteiger partial charge in [0.25, 0.3) is 5.90 Å². The lowest BCUT2D eigenvalue weighted by molar-refractivity contribution is -0.294. The highest BCUT2D eigenvalue weighted by Crippen LogP contribution is 2.32. The van der Waals surface area contributed by atoms with Gasteiger partial charge in [0.1, 0.15) is 0 Å². The summed E-state index contributed by atoms with van der Waals surface area (Å²) < 4.78 is 69.1. The fourth-order valence-electron chi connectivity index (χ4n) is 3.58. The topological polar surface area (TPSA) is 92.7 Å². The normalized spacial score (nSPS) is 24.6. The number of halogens is 3. The first-order valence-corrected chi connectivity index (χ1v) is 11.1. The first-order chi connectivity index (χ1) is 17.0. The molecule has 0 aromatic heterocycles. The monoisotopic (exact) mass is 509 g/mol. The van der Waals surface area contributed by atoms with Gasteiger partial charge in [0, 0.05) is 13.8 Å². The van der Waals surface area contributed by atoms with E-state index in [4.69, 9.17) is 23.7 Å². The maximum absolute atomic E-state index is 13.9. The van der Waals surface area contributed by atoms with E-state index < -0.39 is 54.7 Å². The molecule has 0 bridgehead atoms. The Labute approximate surface area is 206 Å². The van der Waals surface area contributed by atoms with Crippen molar-refractivity contribution in [3.63, 3.8) is 0 Å². The Morgan fingerprint density at radius 3 is 1.97 bits per heavy atom. The minimum Gasteiger partial charge on any atom is -0.456 e. The molecule has 1 unspecified atom stereocenters. The van der Waals surface area contributed by atoms with Crippen LogP contribution in [0.4, 0.5) is 18.9 Å². The molecule has 1 aliphatic heterocycles. The molecule has 0 aliphatic carbocycles. The fourth-order valence-corrected chi connectivity index (χ4v) is 3.58. The summed E-state index contributed by atoms with van der Waals surface area (Å²) in [6.07, 6.45) is -11.6. The largest absolute Gasteiger partial charge is 0.468 e. The number of alkyl halides is 3. The Morgan fingerprint density at radius 1 is 0.861 bits per heavy atom. The van der Waals surface area contributed by atoms with Gasteiger partial charge in [0.15, 0.2) is 18.3 Å². The van der Waals surface area contributed by atoms with Gasteiger partial charge in [-0.05, 0) is 24.6 Å². The van der Waals surface area contributed by atoms with Crippen molar-refractivity contribution in [2.24, 2.45) is 4.99 Å². The molecule has 1 heterocycles. The third-order valence-electron chi connectivity index (χ3n) is 5.07. The second kappa shape index (κ2) is 12.0. The van der Waals surface area contributed by atoms with Gasteiger partial charge in [-0.25, -0.2) is 4.99 Å². The van der Waals surface area contributed by atoms with Crippen LogP contribution in [0.3, 0.4) is 0 Å². The molecule has 11 heteroatoms. The number of hydrogen-bond donors (Lipinski definition) is 0. The van der Waals surface area contributed by atoms with E-state index in [2.05, 4.69) is 4.99 Å². The maximum Gasteiger partial charge on any atom is 0.468 e. The number of ether oxygens (including phenoxy) is 5. The Bertz CT molecular complexity index is 1050. The third kappa shape index (κ3) is 7.53. The molecule has 0 N–H and O–H groups in total. The summed E-state index contributed by atoms with van der Waals surface area (Å²) in [6.45, 7) is 3.64. The standard InChI is InChI=1S/C25H26F3NO7/c1-15-20(34-16(2)30)21(35-17(3)31)22(32-14-18-10-6-4-7-11-18)23(33-15)36-24(25(26,27)28)29-19-12-8-5-9-13-19/h4-13,15,20-23H,14H2,1-3H3/t15-,20+,21+,22-,23?/m0/s1. The summed E-state index contributed by atoms with van der Waals surface area (Å²) in [5.41, 5.74) is 0.694. The Kier molecular flexibility index (Phi) is 9.05. The molecular weight excluding hydrogens is 483 g/mol. The molecule has 36 heavy (non-hydrogen) atoms. The van der Waals surface area contributed by atoms with Crippen LogP contribution in [0.25, 0.3) is 0 Å². The summed E-state index contributed by atoms with van der Waals surface area (Å²) in [6, 6.07) is 16.2. The summed E-state index contributed by atoms with van der Waals surface area (Å²) in [4.78, 5) is 27.2. The van der Waals surface area contributed by atoms with Gasteiger partial charge < -0.3 is 23.7 Å². The quantitative estimate of drug-likeness (QED) is 0.309. The van der Waals surface area contributed by atoms with Crippen molar-refractivity contribution >= 4 is 23.5 Å². The number of carbonyl (C=O) groups excluding carboxylic acids is 2. The van der Waals surface area contributed by atoms with Crippen molar-refractivity contribution in [2.75, 3.05) is 0 Å². The van der Waals surface area contributed by atoms with E-state index in [1.807, 2.05) is 0 Å². The zero-order chi connectivity index (χ0) is 26.3. The van der Waals surface area contributed by atoms with Crippen molar-refractivity contribution in [1.29, 1.82) is 0 Å². The lowest BCUT2D eigenvalue weighted by Gasteiger charge is -2.43. The second-order valence-electron chi connectivity index (χ2n) is 7.99. The van der Waals surface area contributed by atoms with E-state index >= 15 is 0 Å². The predicted molar refractivity (Wildman–Crippen MR) is 121 cm³/mol. The molecule has 2 aromatic carbocycles. The van der Waals surface area contributed by atoms with Crippen LogP contribution >= 0.6 is 0 Å². The molecule has 0 saturated carbocycles. The van der Waals surface area contributed by atoms with Gasteiger partial charge in [0.2, 0.25) is 6.29 Å². The van der Waals surface area contributed by atoms with Gasteiger partial charge >= 0.3 is 18.1 Å². The average molecular weight is 509 g/mol. The Hall–Kier alpha value is -3.44. The van der Waals surface area contributed by atoms with Crippen molar-refractivity contribution in [2.45, 2.75) is 64.3 Å². The highest BCUT2D eigenvalue weighted by molar-refractivity contribution is 5.84. The molecule has 0 radical (unpaired) electrons. The third-order valence-corrected chi connectivity index (χ3v) is 5.07. The van der Waals surface area contributed by atoms with Gasteiger partial charge in [-0.15, -0.1) is 0 Å². The Morgan fingerprint density at radius 2 is 1.42 bits per heavy atom. The fraction of sp³-hybridized carbons (Fsp3) is 0.400. The van der Waals surface area contributed by atoms with Gasteiger partial charge in [-0.3, -0.25) is 9.59 Å². The van der Waals surface area contributed by atoms with E-state index in [9.17, 15) is 22.8 Å². The molecule has 0 spiro atoms. The van der Waals surface area contributed by atoms with Gasteiger partial charge in [-0.2, -0.15) is 13.2 Å². The van der Waals surface area contributed by atoms with Crippen LogP contribution in [0.5, 0.6) is 0 Å². The molecule has 3 rings (SSSR count). The van der Waals surface area contributed by atoms with E-state index in [0.29, 0.717) is 5.56 Å². The van der Waals surface area contributed by atoms with E-state index in [-0.39, 0.29) is 12.3 Å². The molecule has 0 amide bonds. The smallest absolute Gasteiger partial charge is 0.456 e. The number of esters is 2. The van der Waals surface area contributed by atoms with Crippen LogP contribution in [0.15, 0.2) is 65.7 Å². The molecule has 1 fully saturated rings. The zero-order valence-corrected chi connectivity index (χ0v) is 19.8. The van der Waals surface area contributed by atoms with Crippen molar-refractivity contribution in [3.8, 4) is 0 Å². The van der Waals surface area contributed by atoms with Crippen LogP contribution in [0, 0.1) is 0 Å². The molecule has 194 valence electrons. The van der Waals surface area contributed by atoms with Crippen molar-refractivity contribution < 1.29 is 46.4 Å². The van der Waals surface area contributed by atoms with Crippen molar-refractivity contribution in [3.05, 3.63) is 66.2 Å². The van der Waals surface area contributed by atoms with Gasteiger partial charge in [-0.1, -0.05) is 48.5 Å². The van der Waals surface area contributed by atoms with Crippen molar-refractivity contribution in [1.82, 2.24) is 0 Å². The number of benzene rings is 2. The highest BCUT2D eigenvalue weighted by Gasteiger charge is 2.52. The maximum atomic E-state index is 13.9. The molecule has 8 nitrogen and oxygen atoms in total. The number of para-hydroxylation sites is 1. The number of nitrogens with zero attached hydrogens (tertiary/aromatic N) is 1. The molecule has 5 atom stereocenters. The summed E-state index contributed by atoms with van der Waals surface area (Å²) in [5, 5.41) is 0. The zero-order valence-electron chi connectivity index (χ0n) is 19.8. The minimum atomic E-state index is -4.98. The van der Waals surface area contributed by atoms with Crippen LogP contribution in [-0.4, -0.2) is 54.7 Å². The SMILES string of the molecule is CC(=O)O[C@@H]1[C@H](OC(C)=O)[C@H](C)OC(OC(=Nc2ccccc2)C(F)(F)F)[C@H]1OCc1ccccc1. The Balaban J connectivity index is 1.98. The first-order valence-electron chi connectivity index (χ1n) is 11.1. The molecule has 1 aliphatic rings. The summed E-state index contributed by atoms with van der Waals surface area (Å²) in [5.74, 6) is -3.03. The van der Waals surface area contributed by atoms with Crippen LogP contribution in [-0.2, 0) is 39.9 Å². The lowest BCUT2D eigenvalue weighted by Crippen LogP contribution is -2.61. The minimum absolute atomic E-state index is 0.00441. The lowest BCUT2D eigenvalue weighted by atomic mass is 9.98. The average Bonchev–Trinajstić information content (AvgIpc) is 2.81. The van der Waals surface area contributed by atoms with E-state index in [0.717, 1.165) is 13.8 Å². The molecule has 2 aromatic rings. The van der Waals surface area contributed by atoms with E-state index in [1.54, 1.807) is 36.4 Å². The number of hydrogen-bond acceptors (Lipinski definition) is 8. The van der Waals surface area contributed by atoms with Crippen LogP contribution < -0.4 is 0 Å². The predicted octanol–water partition coefficient (Wildman–Crippen LogP) is 4.49. The first kappa shape index (κ1) is 27.2. The number of aliphatic imine (C=N–C) groups is 1.